The number of benzene rings is 2. The number of esters is 1. The van der Waals surface area contributed by atoms with Crippen LogP contribution in [0.3, 0.4) is 0 Å². The molecule has 0 spiro atoms. The molecule has 0 bridgehead atoms. The van der Waals surface area contributed by atoms with Gasteiger partial charge in [-0.3, -0.25) is 0 Å². The standard InChI is InChI=1S/C23H22NO2P/c1-15-21-8-7-17(18-5-3-9-27-14-18)12-19(21)13-26-23(25)22(15)11-16-4-2-6-20(24)10-16/h2-8,10,12,14,27H,9,11,13,24H2,1H3. The zero-order valence-corrected chi connectivity index (χ0v) is 16.3. The molecule has 2 aliphatic heterocycles. The first-order valence-corrected chi connectivity index (χ1v) is 10.4. The summed E-state index contributed by atoms with van der Waals surface area (Å²) >= 11 is 0. The maximum Gasteiger partial charge on any atom is 0.334 e. The Labute approximate surface area is 161 Å². The van der Waals surface area contributed by atoms with Crippen LogP contribution in [0.4, 0.5) is 5.69 Å². The Morgan fingerprint density at radius 2 is 2.07 bits per heavy atom. The first-order chi connectivity index (χ1) is 13.1. The maximum atomic E-state index is 12.6. The molecule has 4 rings (SSSR count). The summed E-state index contributed by atoms with van der Waals surface area (Å²) in [6, 6.07) is 14.1. The van der Waals surface area contributed by atoms with Gasteiger partial charge in [0.15, 0.2) is 0 Å². The number of hydrogen-bond donors (Lipinski definition) is 1. The summed E-state index contributed by atoms with van der Waals surface area (Å²) < 4.78 is 5.59. The number of nitrogen functional groups attached to an aromatic ring is 1. The van der Waals surface area contributed by atoms with Crippen LogP contribution >= 0.6 is 8.58 Å². The lowest BCUT2D eigenvalue weighted by atomic mass is 9.92. The van der Waals surface area contributed by atoms with Crippen LogP contribution in [-0.2, 0) is 22.6 Å². The van der Waals surface area contributed by atoms with Crippen molar-refractivity contribution >= 4 is 31.4 Å². The monoisotopic (exact) mass is 375 g/mol. The quantitative estimate of drug-likeness (QED) is 0.470. The number of fused-ring (bicyclic) bond motifs is 1. The maximum absolute atomic E-state index is 12.6. The van der Waals surface area contributed by atoms with Crippen LogP contribution in [0.25, 0.3) is 11.1 Å². The van der Waals surface area contributed by atoms with E-state index < -0.39 is 0 Å². The van der Waals surface area contributed by atoms with Crippen molar-refractivity contribution in [3.05, 3.63) is 88.3 Å². The van der Waals surface area contributed by atoms with Crippen LogP contribution in [-0.4, -0.2) is 12.1 Å². The van der Waals surface area contributed by atoms with Crippen LogP contribution < -0.4 is 5.73 Å². The summed E-state index contributed by atoms with van der Waals surface area (Å²) in [6.45, 7) is 2.31. The van der Waals surface area contributed by atoms with Gasteiger partial charge in [0, 0.05) is 17.7 Å². The molecule has 136 valence electrons. The molecule has 2 N–H and O–H groups in total. The van der Waals surface area contributed by atoms with Gasteiger partial charge in [0.05, 0.1) is 0 Å². The number of ether oxygens (including phenoxy) is 1. The van der Waals surface area contributed by atoms with Crippen molar-refractivity contribution in [3.63, 3.8) is 0 Å². The molecule has 2 aromatic carbocycles. The number of hydrogen-bond acceptors (Lipinski definition) is 3. The fraction of sp³-hybridized carbons (Fsp3) is 0.174. The highest BCUT2D eigenvalue weighted by atomic mass is 31.1. The molecule has 0 amide bonds. The van der Waals surface area contributed by atoms with Gasteiger partial charge in [0.25, 0.3) is 0 Å². The molecule has 2 aliphatic rings. The zero-order chi connectivity index (χ0) is 18.8. The number of cyclic esters (lactones) is 1. The Bertz CT molecular complexity index is 1000. The molecule has 0 saturated heterocycles. The second kappa shape index (κ2) is 7.54. The highest BCUT2D eigenvalue weighted by Crippen LogP contribution is 2.33. The van der Waals surface area contributed by atoms with Gasteiger partial charge in [-0.2, -0.15) is 0 Å². The first kappa shape index (κ1) is 17.8. The normalized spacial score (nSPS) is 17.4. The largest absolute Gasteiger partial charge is 0.457 e. The lowest BCUT2D eigenvalue weighted by Gasteiger charge is -2.12. The molecule has 1 unspecified atom stereocenters. The topological polar surface area (TPSA) is 52.3 Å². The molecule has 27 heavy (non-hydrogen) atoms. The van der Waals surface area contributed by atoms with E-state index in [2.05, 4.69) is 36.2 Å². The minimum absolute atomic E-state index is 0.245. The Morgan fingerprint density at radius 3 is 2.85 bits per heavy atom. The van der Waals surface area contributed by atoms with E-state index in [1.54, 1.807) is 0 Å². The third-order valence-electron chi connectivity index (χ3n) is 5.02. The number of carbonyl (C=O) groups excluding carboxylic acids is 1. The van der Waals surface area contributed by atoms with E-state index in [1.807, 2.05) is 31.2 Å². The second-order valence-electron chi connectivity index (χ2n) is 6.88. The van der Waals surface area contributed by atoms with Crippen molar-refractivity contribution in [2.45, 2.75) is 20.0 Å². The summed E-state index contributed by atoms with van der Waals surface area (Å²) in [5.41, 5.74) is 13.9. The Morgan fingerprint density at radius 1 is 1.19 bits per heavy atom. The van der Waals surface area contributed by atoms with Gasteiger partial charge < -0.3 is 10.5 Å². The lowest BCUT2D eigenvalue weighted by Crippen LogP contribution is -2.09. The van der Waals surface area contributed by atoms with Crippen LogP contribution in [0, 0.1) is 0 Å². The van der Waals surface area contributed by atoms with Crippen LogP contribution in [0.15, 0.2) is 66.0 Å². The molecule has 3 nitrogen and oxygen atoms in total. The van der Waals surface area contributed by atoms with Crippen molar-refractivity contribution in [1.82, 2.24) is 0 Å². The third-order valence-corrected chi connectivity index (χ3v) is 6.01. The second-order valence-corrected chi connectivity index (χ2v) is 7.99. The Hall–Kier alpha value is -2.64. The molecule has 0 aliphatic carbocycles. The van der Waals surface area contributed by atoms with Crippen molar-refractivity contribution < 1.29 is 9.53 Å². The van der Waals surface area contributed by atoms with Gasteiger partial charge in [0.2, 0.25) is 0 Å². The summed E-state index contributed by atoms with van der Waals surface area (Å²) in [4.78, 5) is 12.6. The summed E-state index contributed by atoms with van der Waals surface area (Å²) in [6.07, 6.45) is 6.04. The highest BCUT2D eigenvalue weighted by molar-refractivity contribution is 7.42. The summed E-state index contributed by atoms with van der Waals surface area (Å²) in [7, 11) is 0.831. The van der Waals surface area contributed by atoms with Crippen molar-refractivity contribution in [2.75, 3.05) is 11.9 Å². The molecule has 0 aromatic heterocycles. The molecular weight excluding hydrogens is 353 g/mol. The fourth-order valence-corrected chi connectivity index (χ4v) is 4.42. The van der Waals surface area contributed by atoms with Crippen molar-refractivity contribution in [1.29, 1.82) is 0 Å². The van der Waals surface area contributed by atoms with Crippen molar-refractivity contribution in [3.8, 4) is 0 Å². The number of anilines is 1. The first-order valence-electron chi connectivity index (χ1n) is 9.07. The lowest BCUT2D eigenvalue weighted by molar-refractivity contribution is -0.140. The van der Waals surface area contributed by atoms with Gasteiger partial charge in [-0.25, -0.2) is 4.79 Å². The molecule has 2 heterocycles. The van der Waals surface area contributed by atoms with E-state index in [0.717, 1.165) is 37.0 Å². The predicted molar refractivity (Wildman–Crippen MR) is 114 cm³/mol. The van der Waals surface area contributed by atoms with E-state index >= 15 is 0 Å². The Kier molecular flexibility index (Phi) is 4.96. The van der Waals surface area contributed by atoms with E-state index in [4.69, 9.17) is 10.5 Å². The molecule has 2 aromatic rings. The van der Waals surface area contributed by atoms with Gasteiger partial charge in [-0.05, 0) is 64.7 Å². The molecule has 0 fully saturated rings. The minimum atomic E-state index is -0.245. The van der Waals surface area contributed by atoms with Gasteiger partial charge in [-0.1, -0.05) is 50.8 Å². The fourth-order valence-electron chi connectivity index (χ4n) is 3.57. The predicted octanol–water partition coefficient (Wildman–Crippen LogP) is 4.93. The molecule has 1 atom stereocenters. The van der Waals surface area contributed by atoms with Gasteiger partial charge in [-0.15, -0.1) is 0 Å². The van der Waals surface area contributed by atoms with E-state index in [0.29, 0.717) is 24.3 Å². The molecule has 0 saturated carbocycles. The van der Waals surface area contributed by atoms with Gasteiger partial charge >= 0.3 is 5.97 Å². The van der Waals surface area contributed by atoms with E-state index in [-0.39, 0.29) is 5.97 Å². The number of rotatable bonds is 3. The molecular formula is C23H22NO2P. The number of nitrogens with two attached hydrogens (primary N) is 1. The van der Waals surface area contributed by atoms with Gasteiger partial charge in [0.1, 0.15) is 6.61 Å². The average molecular weight is 375 g/mol. The van der Waals surface area contributed by atoms with E-state index in [1.165, 1.54) is 11.1 Å². The zero-order valence-electron chi connectivity index (χ0n) is 15.3. The van der Waals surface area contributed by atoms with Crippen LogP contribution in [0.2, 0.25) is 0 Å². The Balaban J connectivity index is 1.72. The highest BCUT2D eigenvalue weighted by Gasteiger charge is 2.22. The molecule has 0 radical (unpaired) electrons. The summed E-state index contributed by atoms with van der Waals surface area (Å²) in [5.74, 6) is 2.05. The summed E-state index contributed by atoms with van der Waals surface area (Å²) in [5, 5.41) is 0. The smallest absolute Gasteiger partial charge is 0.334 e. The van der Waals surface area contributed by atoms with E-state index in [9.17, 15) is 4.79 Å². The van der Waals surface area contributed by atoms with Crippen molar-refractivity contribution in [2.24, 2.45) is 0 Å². The van der Waals surface area contributed by atoms with Crippen LogP contribution in [0.1, 0.15) is 29.2 Å². The number of allylic oxidation sites excluding steroid dienone is 4. The average Bonchev–Trinajstić information content (AvgIpc) is 2.80. The minimum Gasteiger partial charge on any atom is -0.457 e. The number of carbonyl (C=O) groups is 1. The molecule has 4 heteroatoms. The SMILES string of the molecule is CC1=C(Cc2cccc(N)c2)C(=O)OCc2cc(C3=CPCC=C3)ccc21. The van der Waals surface area contributed by atoms with Crippen LogP contribution in [0.5, 0.6) is 0 Å². The third kappa shape index (κ3) is 3.74.